The van der Waals surface area contributed by atoms with Crippen molar-refractivity contribution in [1.29, 1.82) is 0 Å². The topological polar surface area (TPSA) is 69.7 Å². The average Bonchev–Trinajstić information content (AvgIpc) is 2.71. The molecule has 0 unspecified atom stereocenters. The normalized spacial score (nSPS) is 16.0. The van der Waals surface area contributed by atoms with E-state index in [9.17, 15) is 13.2 Å². The summed E-state index contributed by atoms with van der Waals surface area (Å²) in [6.07, 6.45) is 0. The maximum absolute atomic E-state index is 12.6. The van der Waals surface area contributed by atoms with Crippen molar-refractivity contribution < 1.29 is 13.2 Å². The van der Waals surface area contributed by atoms with Crippen LogP contribution in [0.15, 0.2) is 42.5 Å². The third-order valence-electron chi connectivity index (χ3n) is 4.86. The van der Waals surface area contributed by atoms with Crippen LogP contribution in [0.4, 0.5) is 5.69 Å². The van der Waals surface area contributed by atoms with Gasteiger partial charge in [-0.3, -0.25) is 9.69 Å². The van der Waals surface area contributed by atoms with Gasteiger partial charge in [-0.25, -0.2) is 8.42 Å². The highest BCUT2D eigenvalue weighted by Gasteiger charge is 2.25. The second kappa shape index (κ2) is 9.45. The number of hydrogen-bond acceptors (Lipinski definition) is 4. The van der Waals surface area contributed by atoms with Crippen molar-refractivity contribution >= 4 is 44.8 Å². The lowest BCUT2D eigenvalue weighted by atomic mass is 10.1. The van der Waals surface area contributed by atoms with E-state index in [1.54, 1.807) is 35.5 Å². The number of carbonyl (C=O) groups is 1. The SMILES string of the molecule is CCS(=O)(=O)N1CCN(Cc2cccc(C(=O)Nc3ccc(Cl)c(Cl)c3)c2)CC1. The van der Waals surface area contributed by atoms with Gasteiger partial charge >= 0.3 is 0 Å². The molecule has 29 heavy (non-hydrogen) atoms. The lowest BCUT2D eigenvalue weighted by Gasteiger charge is -2.33. The molecule has 6 nitrogen and oxygen atoms in total. The first-order valence-corrected chi connectivity index (χ1v) is 11.7. The summed E-state index contributed by atoms with van der Waals surface area (Å²) in [5.41, 5.74) is 2.11. The first kappa shape index (κ1) is 22.1. The Bertz CT molecular complexity index is 990. The Hall–Kier alpha value is -1.64. The van der Waals surface area contributed by atoms with Gasteiger partial charge in [0.05, 0.1) is 15.8 Å². The van der Waals surface area contributed by atoms with Crippen LogP contribution in [-0.2, 0) is 16.6 Å². The van der Waals surface area contributed by atoms with Crippen molar-refractivity contribution in [3.8, 4) is 0 Å². The van der Waals surface area contributed by atoms with Gasteiger partial charge in [-0.2, -0.15) is 4.31 Å². The van der Waals surface area contributed by atoms with Gasteiger partial charge in [-0.1, -0.05) is 35.3 Å². The number of rotatable bonds is 6. The molecule has 0 bridgehead atoms. The third kappa shape index (κ3) is 5.71. The summed E-state index contributed by atoms with van der Waals surface area (Å²) < 4.78 is 25.5. The summed E-state index contributed by atoms with van der Waals surface area (Å²) in [6.45, 7) is 4.64. The molecular weight excluding hydrogens is 433 g/mol. The van der Waals surface area contributed by atoms with E-state index in [1.807, 2.05) is 18.2 Å². The number of nitrogens with zero attached hydrogens (tertiary/aromatic N) is 2. The van der Waals surface area contributed by atoms with Crippen molar-refractivity contribution in [3.05, 3.63) is 63.6 Å². The van der Waals surface area contributed by atoms with Gasteiger partial charge in [0.25, 0.3) is 5.91 Å². The number of hydrogen-bond donors (Lipinski definition) is 1. The van der Waals surface area contributed by atoms with Gasteiger partial charge in [-0.15, -0.1) is 0 Å². The second-order valence-electron chi connectivity index (χ2n) is 6.86. The van der Waals surface area contributed by atoms with Gasteiger partial charge in [-0.05, 0) is 42.8 Å². The molecule has 2 aromatic carbocycles. The fourth-order valence-corrected chi connectivity index (χ4v) is 4.58. The number of carbonyl (C=O) groups excluding carboxylic acids is 1. The summed E-state index contributed by atoms with van der Waals surface area (Å²) in [7, 11) is -3.14. The molecule has 2 aromatic rings. The van der Waals surface area contributed by atoms with E-state index >= 15 is 0 Å². The van der Waals surface area contributed by atoms with Gasteiger partial charge in [0.2, 0.25) is 10.0 Å². The number of amides is 1. The molecule has 0 atom stereocenters. The summed E-state index contributed by atoms with van der Waals surface area (Å²) in [4.78, 5) is 14.8. The van der Waals surface area contributed by atoms with Crippen LogP contribution in [0.5, 0.6) is 0 Å². The van der Waals surface area contributed by atoms with Crippen molar-refractivity contribution in [1.82, 2.24) is 9.21 Å². The largest absolute Gasteiger partial charge is 0.322 e. The molecule has 1 amide bonds. The maximum Gasteiger partial charge on any atom is 0.255 e. The number of benzene rings is 2. The zero-order chi connectivity index (χ0) is 21.0. The van der Waals surface area contributed by atoms with Crippen LogP contribution in [0.2, 0.25) is 10.0 Å². The molecule has 0 aliphatic carbocycles. The second-order valence-corrected chi connectivity index (χ2v) is 9.93. The van der Waals surface area contributed by atoms with Crippen molar-refractivity contribution in [2.45, 2.75) is 13.5 Å². The molecule has 0 spiro atoms. The molecule has 1 saturated heterocycles. The third-order valence-corrected chi connectivity index (χ3v) is 7.48. The van der Waals surface area contributed by atoms with Gasteiger partial charge in [0, 0.05) is 44.0 Å². The zero-order valence-corrected chi connectivity index (χ0v) is 18.4. The Labute approximate surface area is 181 Å². The maximum atomic E-state index is 12.6. The van der Waals surface area contributed by atoms with E-state index in [-0.39, 0.29) is 11.7 Å². The zero-order valence-electron chi connectivity index (χ0n) is 16.1. The fourth-order valence-electron chi connectivity index (χ4n) is 3.19. The van der Waals surface area contributed by atoms with E-state index in [0.29, 0.717) is 54.0 Å². The summed E-state index contributed by atoms with van der Waals surface area (Å²) in [6, 6.07) is 12.3. The van der Waals surface area contributed by atoms with Crippen LogP contribution in [-0.4, -0.2) is 55.5 Å². The fraction of sp³-hybridized carbons (Fsp3) is 0.350. The average molecular weight is 456 g/mol. The Morgan fingerprint density at radius 2 is 1.76 bits per heavy atom. The Morgan fingerprint density at radius 1 is 1.03 bits per heavy atom. The number of nitrogens with one attached hydrogen (secondary N) is 1. The van der Waals surface area contributed by atoms with Crippen molar-refractivity contribution in [2.24, 2.45) is 0 Å². The molecule has 9 heteroatoms. The molecule has 3 rings (SSSR count). The summed E-state index contributed by atoms with van der Waals surface area (Å²) >= 11 is 11.9. The van der Waals surface area contributed by atoms with E-state index in [0.717, 1.165) is 5.56 Å². The molecule has 1 heterocycles. The Kier molecular flexibility index (Phi) is 7.19. The minimum atomic E-state index is -3.14. The number of halogens is 2. The predicted octanol–water partition coefficient (Wildman–Crippen LogP) is 3.71. The first-order valence-electron chi connectivity index (χ1n) is 9.34. The van der Waals surface area contributed by atoms with Crippen molar-refractivity contribution in [3.63, 3.8) is 0 Å². The Balaban J connectivity index is 1.61. The van der Waals surface area contributed by atoms with Crippen LogP contribution < -0.4 is 5.32 Å². The standard InChI is InChI=1S/C20H23Cl2N3O3S/c1-2-29(27,28)25-10-8-24(9-11-25)14-15-4-3-5-16(12-15)20(26)23-17-6-7-18(21)19(22)13-17/h3-7,12-13H,2,8-11,14H2,1H3,(H,23,26). The highest BCUT2D eigenvalue weighted by molar-refractivity contribution is 7.89. The van der Waals surface area contributed by atoms with Crippen LogP contribution in [0.1, 0.15) is 22.8 Å². The van der Waals surface area contributed by atoms with Crippen LogP contribution in [0.3, 0.4) is 0 Å². The molecule has 1 N–H and O–H groups in total. The molecule has 0 aromatic heterocycles. The van der Waals surface area contributed by atoms with E-state index in [4.69, 9.17) is 23.2 Å². The monoisotopic (exact) mass is 455 g/mol. The molecule has 156 valence electrons. The molecule has 1 aliphatic heterocycles. The molecule has 1 fully saturated rings. The van der Waals surface area contributed by atoms with Crippen LogP contribution in [0, 0.1) is 0 Å². The molecule has 0 saturated carbocycles. The number of sulfonamides is 1. The number of anilines is 1. The van der Waals surface area contributed by atoms with Gasteiger partial charge < -0.3 is 5.32 Å². The Morgan fingerprint density at radius 3 is 2.41 bits per heavy atom. The summed E-state index contributed by atoms with van der Waals surface area (Å²) in [5, 5.41) is 3.62. The van der Waals surface area contributed by atoms with Gasteiger partial charge in [0.1, 0.15) is 0 Å². The first-order chi connectivity index (χ1) is 13.8. The van der Waals surface area contributed by atoms with Crippen LogP contribution >= 0.6 is 23.2 Å². The lowest BCUT2D eigenvalue weighted by Crippen LogP contribution is -2.48. The quantitative estimate of drug-likeness (QED) is 0.720. The van der Waals surface area contributed by atoms with Crippen molar-refractivity contribution in [2.75, 3.05) is 37.2 Å². The highest BCUT2D eigenvalue weighted by Crippen LogP contribution is 2.25. The van der Waals surface area contributed by atoms with Gasteiger partial charge in [0.15, 0.2) is 0 Å². The van der Waals surface area contributed by atoms with Crippen LogP contribution in [0.25, 0.3) is 0 Å². The highest BCUT2D eigenvalue weighted by atomic mass is 35.5. The minimum absolute atomic E-state index is 0.128. The van der Waals surface area contributed by atoms with E-state index in [2.05, 4.69) is 10.2 Å². The molecule has 0 radical (unpaired) electrons. The predicted molar refractivity (Wildman–Crippen MR) is 117 cm³/mol. The molecular formula is C20H23Cl2N3O3S. The number of piperazine rings is 1. The smallest absolute Gasteiger partial charge is 0.255 e. The van der Waals surface area contributed by atoms with E-state index in [1.165, 1.54) is 0 Å². The minimum Gasteiger partial charge on any atom is -0.322 e. The summed E-state index contributed by atoms with van der Waals surface area (Å²) in [5.74, 6) is -0.104. The van der Waals surface area contributed by atoms with E-state index < -0.39 is 10.0 Å². The lowest BCUT2D eigenvalue weighted by molar-refractivity contribution is 0.102. The molecule has 1 aliphatic rings.